The summed E-state index contributed by atoms with van der Waals surface area (Å²) in [6, 6.07) is 12.8. The average molecular weight is 323 g/mol. The third-order valence-corrected chi connectivity index (χ3v) is 3.91. The maximum Gasteiger partial charge on any atom is 0.354 e. The molecule has 0 aliphatic carbocycles. The molecule has 0 unspecified atom stereocenters. The Morgan fingerprint density at radius 1 is 1.04 bits per heavy atom. The van der Waals surface area contributed by atoms with E-state index in [0.29, 0.717) is 16.5 Å². The van der Waals surface area contributed by atoms with Crippen molar-refractivity contribution in [1.29, 1.82) is 0 Å². The van der Waals surface area contributed by atoms with Crippen LogP contribution in [0, 0.1) is 0 Å². The second-order valence-electron chi connectivity index (χ2n) is 5.79. The molecule has 0 atom stereocenters. The van der Waals surface area contributed by atoms with E-state index >= 15 is 0 Å². The minimum absolute atomic E-state index is 0.0483. The van der Waals surface area contributed by atoms with Crippen molar-refractivity contribution >= 4 is 22.8 Å². The monoisotopic (exact) mass is 323 g/mol. The Hall–Kier alpha value is -3.15. The number of carboxylic acids is 1. The van der Waals surface area contributed by atoms with Gasteiger partial charge >= 0.3 is 5.97 Å². The van der Waals surface area contributed by atoms with Crippen molar-refractivity contribution in [3.05, 3.63) is 53.7 Å². The van der Waals surface area contributed by atoms with E-state index in [9.17, 15) is 14.7 Å². The third kappa shape index (κ3) is 2.62. The number of carbonyl (C=O) groups is 2. The van der Waals surface area contributed by atoms with Crippen LogP contribution in [0.15, 0.2) is 42.5 Å². The van der Waals surface area contributed by atoms with Crippen molar-refractivity contribution in [2.45, 2.75) is 0 Å². The summed E-state index contributed by atoms with van der Waals surface area (Å²) < 4.78 is 1.37. The molecule has 1 heterocycles. The van der Waals surface area contributed by atoms with Crippen LogP contribution < -0.4 is 0 Å². The lowest BCUT2D eigenvalue weighted by Gasteiger charge is -2.10. The molecule has 0 spiro atoms. The number of hydrogen-bond acceptors (Lipinski definition) is 3. The summed E-state index contributed by atoms with van der Waals surface area (Å²) >= 11 is 0. The van der Waals surface area contributed by atoms with Gasteiger partial charge in [0.1, 0.15) is 0 Å². The van der Waals surface area contributed by atoms with Gasteiger partial charge in [-0.05, 0) is 35.4 Å². The Kier molecular flexibility index (Phi) is 3.81. The molecular weight excluding hydrogens is 306 g/mol. The smallest absolute Gasteiger partial charge is 0.354 e. The number of aryl methyl sites for hydroxylation is 1. The van der Waals surface area contributed by atoms with Gasteiger partial charge in [-0.25, -0.2) is 4.79 Å². The number of fused-ring (bicyclic) bond motifs is 1. The van der Waals surface area contributed by atoms with Crippen molar-refractivity contribution in [1.82, 2.24) is 14.7 Å². The first-order valence-corrected chi connectivity index (χ1v) is 7.40. The van der Waals surface area contributed by atoms with E-state index < -0.39 is 5.97 Å². The number of aromatic carboxylic acids is 1. The molecule has 24 heavy (non-hydrogen) atoms. The molecule has 6 heteroatoms. The number of nitrogens with zero attached hydrogens (tertiary/aromatic N) is 3. The molecule has 3 rings (SSSR count). The molecule has 0 fully saturated rings. The zero-order chi connectivity index (χ0) is 17.4. The van der Waals surface area contributed by atoms with Crippen LogP contribution in [0.3, 0.4) is 0 Å². The fourth-order valence-corrected chi connectivity index (χ4v) is 2.70. The first-order valence-electron chi connectivity index (χ1n) is 7.40. The van der Waals surface area contributed by atoms with E-state index in [0.717, 1.165) is 11.1 Å². The molecule has 0 aliphatic rings. The maximum atomic E-state index is 11.9. The molecule has 1 aromatic heterocycles. The number of rotatable bonds is 3. The molecule has 1 amide bonds. The number of carbonyl (C=O) groups excluding carboxylic acids is 1. The van der Waals surface area contributed by atoms with Crippen molar-refractivity contribution in [3.8, 4) is 11.1 Å². The minimum atomic E-state index is -1.00. The third-order valence-electron chi connectivity index (χ3n) is 3.91. The highest BCUT2D eigenvalue weighted by molar-refractivity contribution is 6.02. The van der Waals surface area contributed by atoms with Crippen molar-refractivity contribution in [2.24, 2.45) is 7.05 Å². The normalized spacial score (nSPS) is 10.8. The maximum absolute atomic E-state index is 11.9. The summed E-state index contributed by atoms with van der Waals surface area (Å²) in [5.41, 5.74) is 3.27. The van der Waals surface area contributed by atoms with E-state index in [1.807, 2.05) is 24.3 Å². The molecule has 0 bridgehead atoms. The number of benzene rings is 2. The lowest BCUT2D eigenvalue weighted by atomic mass is 10.0. The predicted molar refractivity (Wildman–Crippen MR) is 91.1 cm³/mol. The summed E-state index contributed by atoms with van der Waals surface area (Å²) in [5, 5.41) is 14.1. The predicted octanol–water partition coefficient (Wildman–Crippen LogP) is 2.64. The van der Waals surface area contributed by atoms with Gasteiger partial charge in [0.25, 0.3) is 5.91 Å². The molecule has 0 saturated carbocycles. The van der Waals surface area contributed by atoms with E-state index in [4.69, 9.17) is 0 Å². The molecule has 0 radical (unpaired) electrons. The van der Waals surface area contributed by atoms with Crippen LogP contribution in [0.1, 0.15) is 20.8 Å². The second-order valence-corrected chi connectivity index (χ2v) is 5.79. The highest BCUT2D eigenvalue weighted by Gasteiger charge is 2.16. The van der Waals surface area contributed by atoms with Crippen molar-refractivity contribution in [3.63, 3.8) is 0 Å². The molecule has 2 aromatic carbocycles. The standard InChI is InChI=1S/C18H17N3O3/c1-20(2)17(22)12-6-4-11(5-7-12)13-8-9-14-15(10-13)19-21(3)16(14)18(23)24/h4-10H,1-3H3,(H,23,24). The highest BCUT2D eigenvalue weighted by Crippen LogP contribution is 2.26. The summed E-state index contributed by atoms with van der Waals surface area (Å²) in [6.45, 7) is 0. The lowest BCUT2D eigenvalue weighted by Crippen LogP contribution is -2.21. The minimum Gasteiger partial charge on any atom is -0.477 e. The van der Waals surface area contributed by atoms with Gasteiger partial charge in [-0.1, -0.05) is 18.2 Å². The first kappa shape index (κ1) is 15.7. The van der Waals surface area contributed by atoms with Gasteiger partial charge in [-0.3, -0.25) is 9.48 Å². The van der Waals surface area contributed by atoms with Crippen LogP contribution in [0.25, 0.3) is 22.0 Å². The van der Waals surface area contributed by atoms with Crippen LogP contribution >= 0.6 is 0 Å². The molecular formula is C18H17N3O3. The van der Waals surface area contributed by atoms with Gasteiger partial charge in [0.2, 0.25) is 0 Å². The number of carboxylic acid groups (broad SMARTS) is 1. The van der Waals surface area contributed by atoms with Crippen LogP contribution in [0.5, 0.6) is 0 Å². The SMILES string of the molecule is CN(C)C(=O)c1ccc(-c2ccc3c(C(=O)O)n(C)nc3c2)cc1. The van der Waals surface area contributed by atoms with Gasteiger partial charge in [0.05, 0.1) is 5.52 Å². The Bertz CT molecular complexity index is 940. The van der Waals surface area contributed by atoms with Crippen LogP contribution in [-0.2, 0) is 7.05 Å². The Balaban J connectivity index is 2.01. The van der Waals surface area contributed by atoms with E-state index in [-0.39, 0.29) is 11.6 Å². The van der Waals surface area contributed by atoms with Gasteiger partial charge < -0.3 is 10.0 Å². The fourth-order valence-electron chi connectivity index (χ4n) is 2.70. The number of amides is 1. The van der Waals surface area contributed by atoms with Crippen LogP contribution in [0.4, 0.5) is 0 Å². The Morgan fingerprint density at radius 3 is 2.25 bits per heavy atom. The highest BCUT2D eigenvalue weighted by atomic mass is 16.4. The average Bonchev–Trinajstić information content (AvgIpc) is 2.89. The van der Waals surface area contributed by atoms with Crippen LogP contribution in [0.2, 0.25) is 0 Å². The van der Waals surface area contributed by atoms with Gasteiger partial charge in [-0.15, -0.1) is 0 Å². The van der Waals surface area contributed by atoms with Crippen LogP contribution in [-0.4, -0.2) is 45.8 Å². The van der Waals surface area contributed by atoms with Gasteiger partial charge in [-0.2, -0.15) is 5.10 Å². The van der Waals surface area contributed by atoms with Crippen molar-refractivity contribution in [2.75, 3.05) is 14.1 Å². The first-order chi connectivity index (χ1) is 11.4. The summed E-state index contributed by atoms with van der Waals surface area (Å²) in [6.07, 6.45) is 0. The van der Waals surface area contributed by atoms with E-state index in [1.165, 1.54) is 9.58 Å². The summed E-state index contributed by atoms with van der Waals surface area (Å²) in [5.74, 6) is -1.05. The van der Waals surface area contributed by atoms with Gasteiger partial charge in [0.15, 0.2) is 5.69 Å². The molecule has 0 aliphatic heterocycles. The Morgan fingerprint density at radius 2 is 1.67 bits per heavy atom. The number of aromatic nitrogens is 2. The molecule has 1 N–H and O–H groups in total. The molecule has 122 valence electrons. The summed E-state index contributed by atoms with van der Waals surface area (Å²) in [4.78, 5) is 24.8. The zero-order valence-corrected chi connectivity index (χ0v) is 13.6. The van der Waals surface area contributed by atoms with E-state index in [2.05, 4.69) is 5.10 Å². The van der Waals surface area contributed by atoms with Gasteiger partial charge in [0, 0.05) is 32.1 Å². The second kappa shape index (κ2) is 5.81. The lowest BCUT2D eigenvalue weighted by molar-refractivity contribution is 0.0686. The summed E-state index contributed by atoms with van der Waals surface area (Å²) in [7, 11) is 5.04. The van der Waals surface area contributed by atoms with E-state index in [1.54, 1.807) is 39.3 Å². The quantitative estimate of drug-likeness (QED) is 0.804. The molecule has 6 nitrogen and oxygen atoms in total. The largest absolute Gasteiger partial charge is 0.477 e. The zero-order valence-electron chi connectivity index (χ0n) is 13.6. The molecule has 0 saturated heterocycles. The topological polar surface area (TPSA) is 75.4 Å². The van der Waals surface area contributed by atoms with Crippen molar-refractivity contribution < 1.29 is 14.7 Å². The molecule has 3 aromatic rings. The Labute approximate surface area is 138 Å². The number of hydrogen-bond donors (Lipinski definition) is 1. The fraction of sp³-hybridized carbons (Fsp3) is 0.167.